The van der Waals surface area contributed by atoms with Crippen molar-refractivity contribution in [1.82, 2.24) is 0 Å². The van der Waals surface area contributed by atoms with Gasteiger partial charge in [0.2, 0.25) is 0 Å². The Morgan fingerprint density at radius 2 is 0.955 bits per heavy atom. The van der Waals surface area contributed by atoms with Gasteiger partial charge in [0.25, 0.3) is 0 Å². The first-order chi connectivity index (χ1) is 21.5. The van der Waals surface area contributed by atoms with Gasteiger partial charge in [-0.2, -0.15) is 0 Å². The lowest BCUT2D eigenvalue weighted by molar-refractivity contribution is 0.414. The molecule has 225 valence electrons. The average Bonchev–Trinajstić information content (AvgIpc) is 3.07. The second-order valence-corrected chi connectivity index (χ2v) is 10.4. The number of benzene rings is 4. The molecule has 0 amide bonds. The second-order valence-electron chi connectivity index (χ2n) is 10.4. The van der Waals surface area contributed by atoms with Crippen molar-refractivity contribution in [2.24, 2.45) is 0 Å². The summed E-state index contributed by atoms with van der Waals surface area (Å²) in [4.78, 5) is 0. The van der Waals surface area contributed by atoms with E-state index in [-0.39, 0.29) is 0 Å². The van der Waals surface area contributed by atoms with E-state index in [1.54, 1.807) is 28.4 Å². The van der Waals surface area contributed by atoms with E-state index in [1.807, 2.05) is 60.7 Å². The van der Waals surface area contributed by atoms with Crippen LogP contribution in [0.2, 0.25) is 0 Å². The molecule has 0 aromatic heterocycles. The Balaban J connectivity index is 1.61. The third-order valence-corrected chi connectivity index (χ3v) is 7.29. The number of allylic oxidation sites excluding steroid dienone is 3. The van der Waals surface area contributed by atoms with Crippen molar-refractivity contribution in [1.29, 1.82) is 0 Å². The van der Waals surface area contributed by atoms with Crippen LogP contribution in [0.3, 0.4) is 0 Å². The molecule has 0 atom stereocenters. The van der Waals surface area contributed by atoms with Crippen LogP contribution in [0.4, 0.5) is 0 Å². The summed E-state index contributed by atoms with van der Waals surface area (Å²) in [5.41, 5.74) is 6.89. The molecule has 0 aliphatic carbocycles. The van der Waals surface area contributed by atoms with Gasteiger partial charge in [-0.05, 0) is 97.0 Å². The molecule has 4 aromatic rings. The molecule has 3 radical (unpaired) electrons. The Morgan fingerprint density at radius 3 is 1.41 bits per heavy atom. The first-order valence-corrected chi connectivity index (χ1v) is 14.7. The van der Waals surface area contributed by atoms with Crippen molar-refractivity contribution in [2.75, 3.05) is 28.4 Å². The largest absolute Gasteiger partial charge is 0.497 e. The Labute approximate surface area is 263 Å². The molecule has 4 rings (SSSR count). The molecule has 0 saturated carbocycles. The molecule has 0 saturated heterocycles. The minimum absolute atomic E-state index is 0.750. The predicted octanol–water partition coefficient (Wildman–Crippen LogP) is 9.73. The van der Waals surface area contributed by atoms with Crippen LogP contribution >= 0.6 is 0 Å². The van der Waals surface area contributed by atoms with Gasteiger partial charge in [-0.3, -0.25) is 0 Å². The van der Waals surface area contributed by atoms with E-state index >= 15 is 0 Å². The molecule has 0 aliphatic heterocycles. The zero-order valence-corrected chi connectivity index (χ0v) is 26.1. The van der Waals surface area contributed by atoms with E-state index in [0.29, 0.717) is 0 Å². The molecule has 0 aliphatic rings. The minimum atomic E-state index is 0.750. The Bertz CT molecular complexity index is 1510. The van der Waals surface area contributed by atoms with Crippen LogP contribution in [0.15, 0.2) is 114 Å². The quantitative estimate of drug-likeness (QED) is 0.139. The van der Waals surface area contributed by atoms with Crippen LogP contribution in [0.1, 0.15) is 41.5 Å². The molecular weight excluding hydrogens is 544 g/mol. The summed E-state index contributed by atoms with van der Waals surface area (Å²) in [6, 6.07) is 32.4. The molecule has 0 fully saturated rings. The van der Waals surface area contributed by atoms with Crippen molar-refractivity contribution >= 4 is 18.2 Å². The summed E-state index contributed by atoms with van der Waals surface area (Å²) < 4.78 is 21.4. The first kappa shape index (κ1) is 32.2. The van der Waals surface area contributed by atoms with E-state index in [2.05, 4.69) is 74.0 Å². The third-order valence-electron chi connectivity index (χ3n) is 7.29. The molecule has 0 heterocycles. The molecule has 4 aromatic carbocycles. The first-order valence-electron chi connectivity index (χ1n) is 14.7. The van der Waals surface area contributed by atoms with Gasteiger partial charge >= 0.3 is 0 Å². The summed E-state index contributed by atoms with van der Waals surface area (Å²) in [5, 5.41) is 0. The SMILES string of the molecule is [CH2][C]([CH]c1ccc(OC)cc1)/C(=C\c1ccc(OC)cc1)C/C(=C/c1ccc(OC)cc1)CC/C=C/c1ccc(OC)cc1. The highest BCUT2D eigenvalue weighted by Gasteiger charge is 2.14. The summed E-state index contributed by atoms with van der Waals surface area (Å²) >= 11 is 0. The fraction of sp³-hybridized carbons (Fsp3) is 0.175. The summed E-state index contributed by atoms with van der Waals surface area (Å²) in [6.07, 6.45) is 13.6. The second kappa shape index (κ2) is 16.8. The highest BCUT2D eigenvalue weighted by atomic mass is 16.5. The molecule has 4 heteroatoms. The van der Waals surface area contributed by atoms with E-state index in [1.165, 1.54) is 5.57 Å². The monoisotopic (exact) mass is 585 g/mol. The lowest BCUT2D eigenvalue weighted by Gasteiger charge is -2.18. The Hall–Kier alpha value is -4.70. The van der Waals surface area contributed by atoms with Crippen molar-refractivity contribution in [3.63, 3.8) is 0 Å². The van der Waals surface area contributed by atoms with Crippen molar-refractivity contribution in [2.45, 2.75) is 19.3 Å². The summed E-state index contributed by atoms with van der Waals surface area (Å²) in [7, 11) is 6.73. The van der Waals surface area contributed by atoms with E-state index in [4.69, 9.17) is 18.9 Å². The number of ether oxygens (including phenoxy) is 4. The smallest absolute Gasteiger partial charge is 0.118 e. The van der Waals surface area contributed by atoms with Gasteiger partial charge in [0.05, 0.1) is 28.4 Å². The standard InChI is InChI=1S/C40H41O4/c1-30(26-32-12-20-38(42-3)21-13-32)36(28-34-16-24-40(44-5)25-17-34)29-35(27-33-14-22-39(43-4)23-15-33)9-7-6-8-31-10-18-37(41-2)19-11-31/h6,8,10-28H,1,7,9,29H2,2-5H3/b8-6+,35-27+,36-28-. The van der Waals surface area contributed by atoms with Gasteiger partial charge in [0.15, 0.2) is 0 Å². The number of methoxy groups -OCH3 is 4. The zero-order chi connectivity index (χ0) is 31.1. The molecule has 0 N–H and O–H groups in total. The maximum Gasteiger partial charge on any atom is 0.118 e. The summed E-state index contributed by atoms with van der Waals surface area (Å²) in [6.45, 7) is 4.51. The lowest BCUT2D eigenvalue weighted by Crippen LogP contribution is -2.02. The minimum Gasteiger partial charge on any atom is -0.497 e. The van der Waals surface area contributed by atoms with Crippen LogP contribution in [0.5, 0.6) is 23.0 Å². The van der Waals surface area contributed by atoms with Crippen LogP contribution in [-0.2, 0) is 0 Å². The number of hydrogen-bond acceptors (Lipinski definition) is 4. The average molecular weight is 586 g/mol. The van der Waals surface area contributed by atoms with E-state index in [9.17, 15) is 0 Å². The van der Waals surface area contributed by atoms with Crippen LogP contribution in [-0.4, -0.2) is 28.4 Å². The van der Waals surface area contributed by atoms with Crippen LogP contribution < -0.4 is 18.9 Å². The van der Waals surface area contributed by atoms with Crippen LogP contribution in [0, 0.1) is 19.3 Å². The fourth-order valence-electron chi connectivity index (χ4n) is 4.75. The Kier molecular flexibility index (Phi) is 12.3. The topological polar surface area (TPSA) is 36.9 Å². The molecule has 0 bridgehead atoms. The molecular formula is C40H41O4. The highest BCUT2D eigenvalue weighted by Crippen LogP contribution is 2.32. The van der Waals surface area contributed by atoms with Crippen LogP contribution in [0.25, 0.3) is 18.2 Å². The fourth-order valence-corrected chi connectivity index (χ4v) is 4.75. The normalized spacial score (nSPS) is 12.0. The van der Waals surface area contributed by atoms with E-state index in [0.717, 1.165) is 76.0 Å². The molecule has 44 heavy (non-hydrogen) atoms. The van der Waals surface area contributed by atoms with Gasteiger partial charge in [-0.1, -0.05) is 84.0 Å². The molecule has 4 nitrogen and oxygen atoms in total. The van der Waals surface area contributed by atoms with Crippen molar-refractivity contribution in [3.05, 3.63) is 156 Å². The number of rotatable bonds is 15. The Morgan fingerprint density at radius 1 is 0.545 bits per heavy atom. The number of hydrogen-bond donors (Lipinski definition) is 0. The van der Waals surface area contributed by atoms with Gasteiger partial charge in [0, 0.05) is 12.3 Å². The van der Waals surface area contributed by atoms with Gasteiger partial charge in [-0.25, -0.2) is 0 Å². The maximum absolute atomic E-state index is 5.38. The van der Waals surface area contributed by atoms with E-state index < -0.39 is 0 Å². The zero-order valence-electron chi connectivity index (χ0n) is 26.1. The van der Waals surface area contributed by atoms with Gasteiger partial charge in [-0.15, -0.1) is 0 Å². The molecule has 0 spiro atoms. The van der Waals surface area contributed by atoms with Crippen molar-refractivity contribution < 1.29 is 18.9 Å². The lowest BCUT2D eigenvalue weighted by atomic mass is 9.86. The maximum atomic E-state index is 5.38. The van der Waals surface area contributed by atoms with Gasteiger partial charge < -0.3 is 18.9 Å². The van der Waals surface area contributed by atoms with Gasteiger partial charge in [0.1, 0.15) is 23.0 Å². The van der Waals surface area contributed by atoms with Crippen molar-refractivity contribution in [3.8, 4) is 23.0 Å². The highest BCUT2D eigenvalue weighted by molar-refractivity contribution is 5.64. The predicted molar refractivity (Wildman–Crippen MR) is 183 cm³/mol. The summed E-state index contributed by atoms with van der Waals surface area (Å²) in [5.74, 6) is 4.31. The molecule has 0 unspecified atom stereocenters. The third kappa shape index (κ3) is 9.95.